The predicted molar refractivity (Wildman–Crippen MR) is 76.3 cm³/mol. The number of hydrogen-bond acceptors (Lipinski definition) is 2. The molecule has 0 amide bonds. The van der Waals surface area contributed by atoms with E-state index in [0.717, 1.165) is 43.7 Å². The molecule has 1 aliphatic rings. The van der Waals surface area contributed by atoms with Gasteiger partial charge in [-0.15, -0.1) is 0 Å². The van der Waals surface area contributed by atoms with Crippen molar-refractivity contribution in [3.63, 3.8) is 0 Å². The number of benzene rings is 1. The van der Waals surface area contributed by atoms with Gasteiger partial charge in [0.05, 0.1) is 6.61 Å². The van der Waals surface area contributed by atoms with Crippen molar-refractivity contribution >= 4 is 0 Å². The van der Waals surface area contributed by atoms with Crippen molar-refractivity contribution in [1.82, 2.24) is 5.32 Å². The molecular weight excluding hydrogens is 241 g/mol. The molecule has 2 unspecified atom stereocenters. The van der Waals surface area contributed by atoms with Crippen molar-refractivity contribution in [3.05, 3.63) is 29.8 Å². The molecule has 2 rings (SSSR count). The Morgan fingerprint density at radius 3 is 2.68 bits per heavy atom. The summed E-state index contributed by atoms with van der Waals surface area (Å²) in [6.07, 6.45) is 2.99. The lowest BCUT2D eigenvalue weighted by Gasteiger charge is -2.34. The number of alkyl halides is 1. The molecule has 0 spiro atoms. The molecule has 1 fully saturated rings. The quantitative estimate of drug-likeness (QED) is 0.877. The van der Waals surface area contributed by atoms with Crippen LogP contribution in [-0.4, -0.2) is 19.7 Å². The van der Waals surface area contributed by atoms with Crippen LogP contribution in [0.25, 0.3) is 0 Å². The highest BCUT2D eigenvalue weighted by Crippen LogP contribution is 2.37. The van der Waals surface area contributed by atoms with E-state index in [0.29, 0.717) is 6.61 Å². The molecule has 1 N–H and O–H groups in total. The van der Waals surface area contributed by atoms with Crippen molar-refractivity contribution < 1.29 is 9.13 Å². The summed E-state index contributed by atoms with van der Waals surface area (Å²) >= 11 is 0. The highest BCUT2D eigenvalue weighted by molar-refractivity contribution is 5.31. The summed E-state index contributed by atoms with van der Waals surface area (Å²) in [4.78, 5) is 0. The van der Waals surface area contributed by atoms with Crippen LogP contribution < -0.4 is 10.1 Å². The SMILES string of the molecule is CCCOc1ccc(C(C)(F)C2CCCNC2)cc1. The van der Waals surface area contributed by atoms with Gasteiger partial charge in [-0.3, -0.25) is 0 Å². The minimum atomic E-state index is -1.27. The average molecular weight is 265 g/mol. The van der Waals surface area contributed by atoms with Crippen LogP contribution >= 0.6 is 0 Å². The maximum atomic E-state index is 15.0. The molecule has 2 atom stereocenters. The van der Waals surface area contributed by atoms with Gasteiger partial charge in [0.25, 0.3) is 0 Å². The van der Waals surface area contributed by atoms with Gasteiger partial charge in [-0.25, -0.2) is 4.39 Å². The van der Waals surface area contributed by atoms with Gasteiger partial charge < -0.3 is 10.1 Å². The van der Waals surface area contributed by atoms with E-state index >= 15 is 4.39 Å². The first-order chi connectivity index (χ1) is 9.14. The van der Waals surface area contributed by atoms with Gasteiger partial charge in [0, 0.05) is 12.5 Å². The van der Waals surface area contributed by atoms with Crippen LogP contribution in [0.15, 0.2) is 24.3 Å². The van der Waals surface area contributed by atoms with Gasteiger partial charge in [0.15, 0.2) is 0 Å². The van der Waals surface area contributed by atoms with E-state index in [2.05, 4.69) is 12.2 Å². The Bertz CT molecular complexity index is 382. The van der Waals surface area contributed by atoms with Crippen LogP contribution in [0, 0.1) is 5.92 Å². The van der Waals surface area contributed by atoms with E-state index in [1.807, 2.05) is 24.3 Å². The molecule has 3 heteroatoms. The smallest absolute Gasteiger partial charge is 0.137 e. The molecular formula is C16H24FNO. The lowest BCUT2D eigenvalue weighted by atomic mass is 9.80. The molecule has 1 saturated heterocycles. The fourth-order valence-electron chi connectivity index (χ4n) is 2.65. The lowest BCUT2D eigenvalue weighted by molar-refractivity contribution is 0.0811. The molecule has 1 aromatic carbocycles. The second kappa shape index (κ2) is 6.38. The third-order valence-electron chi connectivity index (χ3n) is 3.96. The Kier molecular flexibility index (Phi) is 4.81. The van der Waals surface area contributed by atoms with Crippen LogP contribution in [0.3, 0.4) is 0 Å². The standard InChI is InChI=1S/C16H24FNO/c1-3-11-19-15-8-6-13(7-9-15)16(2,17)14-5-4-10-18-12-14/h6-9,14,18H,3-5,10-12H2,1-2H3. The van der Waals surface area contributed by atoms with Crippen molar-refractivity contribution in [1.29, 1.82) is 0 Å². The van der Waals surface area contributed by atoms with Crippen LogP contribution in [0.2, 0.25) is 0 Å². The van der Waals surface area contributed by atoms with E-state index < -0.39 is 5.67 Å². The molecule has 19 heavy (non-hydrogen) atoms. The summed E-state index contributed by atoms with van der Waals surface area (Å²) < 4.78 is 20.5. The number of ether oxygens (including phenoxy) is 1. The predicted octanol–water partition coefficient (Wildman–Crippen LogP) is 3.66. The van der Waals surface area contributed by atoms with E-state index in [1.165, 1.54) is 0 Å². The maximum Gasteiger partial charge on any atom is 0.137 e. The Morgan fingerprint density at radius 2 is 2.11 bits per heavy atom. The summed E-state index contributed by atoms with van der Waals surface area (Å²) in [7, 11) is 0. The third kappa shape index (κ3) is 3.47. The molecule has 106 valence electrons. The highest BCUT2D eigenvalue weighted by Gasteiger charge is 2.36. The fourth-order valence-corrected chi connectivity index (χ4v) is 2.65. The zero-order valence-corrected chi connectivity index (χ0v) is 11.9. The minimum Gasteiger partial charge on any atom is -0.494 e. The zero-order chi connectivity index (χ0) is 13.7. The second-order valence-electron chi connectivity index (χ2n) is 5.49. The largest absolute Gasteiger partial charge is 0.494 e. The highest BCUT2D eigenvalue weighted by atomic mass is 19.1. The number of nitrogens with one attached hydrogen (secondary N) is 1. The normalized spacial score (nSPS) is 22.8. The Morgan fingerprint density at radius 1 is 1.37 bits per heavy atom. The summed E-state index contributed by atoms with van der Waals surface area (Å²) in [6, 6.07) is 7.47. The van der Waals surface area contributed by atoms with Crippen LogP contribution in [0.5, 0.6) is 5.75 Å². The maximum absolute atomic E-state index is 15.0. The molecule has 0 aromatic heterocycles. The van der Waals surface area contributed by atoms with E-state index in [1.54, 1.807) is 6.92 Å². The van der Waals surface area contributed by atoms with Gasteiger partial charge in [-0.1, -0.05) is 19.1 Å². The summed E-state index contributed by atoms with van der Waals surface area (Å²) in [5.74, 6) is 0.881. The average Bonchev–Trinajstić information content (AvgIpc) is 2.46. The molecule has 0 bridgehead atoms. The topological polar surface area (TPSA) is 21.3 Å². The van der Waals surface area contributed by atoms with Gasteiger partial charge in [0.1, 0.15) is 11.4 Å². The van der Waals surface area contributed by atoms with Gasteiger partial charge in [0.2, 0.25) is 0 Å². The van der Waals surface area contributed by atoms with Gasteiger partial charge in [-0.05, 0) is 50.4 Å². The number of halogens is 1. The first-order valence-corrected chi connectivity index (χ1v) is 7.27. The second-order valence-corrected chi connectivity index (χ2v) is 5.49. The Balaban J connectivity index is 2.06. The monoisotopic (exact) mass is 265 g/mol. The molecule has 1 aromatic rings. The molecule has 0 radical (unpaired) electrons. The van der Waals surface area contributed by atoms with Crippen LogP contribution in [0.4, 0.5) is 4.39 Å². The molecule has 1 heterocycles. The number of hydrogen-bond donors (Lipinski definition) is 1. The van der Waals surface area contributed by atoms with E-state index in [4.69, 9.17) is 4.74 Å². The minimum absolute atomic E-state index is 0.0589. The lowest BCUT2D eigenvalue weighted by Crippen LogP contribution is -2.39. The molecule has 1 aliphatic heterocycles. The van der Waals surface area contributed by atoms with E-state index in [9.17, 15) is 0 Å². The molecule has 0 aliphatic carbocycles. The van der Waals surface area contributed by atoms with Crippen molar-refractivity contribution in [2.75, 3.05) is 19.7 Å². The first kappa shape index (κ1) is 14.3. The van der Waals surface area contributed by atoms with Crippen molar-refractivity contribution in [2.45, 2.75) is 38.8 Å². The number of piperidine rings is 1. The number of rotatable bonds is 5. The third-order valence-corrected chi connectivity index (χ3v) is 3.96. The van der Waals surface area contributed by atoms with Crippen LogP contribution in [0.1, 0.15) is 38.7 Å². The first-order valence-electron chi connectivity index (χ1n) is 7.27. The molecule has 2 nitrogen and oxygen atoms in total. The van der Waals surface area contributed by atoms with Gasteiger partial charge in [-0.2, -0.15) is 0 Å². The summed E-state index contributed by atoms with van der Waals surface area (Å²) in [5.41, 5.74) is -0.512. The Hall–Kier alpha value is -1.09. The fraction of sp³-hybridized carbons (Fsp3) is 0.625. The summed E-state index contributed by atoms with van der Waals surface area (Å²) in [5, 5.41) is 3.29. The van der Waals surface area contributed by atoms with Crippen molar-refractivity contribution in [2.24, 2.45) is 5.92 Å². The van der Waals surface area contributed by atoms with Crippen molar-refractivity contribution in [3.8, 4) is 5.75 Å². The summed E-state index contributed by atoms with van der Waals surface area (Å²) in [6.45, 7) is 6.26. The van der Waals surface area contributed by atoms with Gasteiger partial charge >= 0.3 is 0 Å². The Labute approximate surface area is 115 Å². The van der Waals surface area contributed by atoms with Crippen LogP contribution in [-0.2, 0) is 5.67 Å². The zero-order valence-electron chi connectivity index (χ0n) is 11.9. The van der Waals surface area contributed by atoms with E-state index in [-0.39, 0.29) is 5.92 Å². The molecule has 0 saturated carbocycles.